The lowest BCUT2D eigenvalue weighted by Gasteiger charge is -2.25. The second-order valence-electron chi connectivity index (χ2n) is 4.84. The number of carbonyl (C=O) groups is 1. The quantitative estimate of drug-likeness (QED) is 0.840. The molecule has 1 fully saturated rings. The van der Waals surface area contributed by atoms with E-state index in [0.29, 0.717) is 12.0 Å². The molecule has 0 radical (unpaired) electrons. The van der Waals surface area contributed by atoms with Crippen LogP contribution in [0.3, 0.4) is 0 Å². The molecule has 0 heterocycles. The normalized spacial score (nSPS) is 23.7. The van der Waals surface area contributed by atoms with Gasteiger partial charge in [-0.1, -0.05) is 6.42 Å². The number of halogens is 1. The zero-order valence-electron chi connectivity index (χ0n) is 10.5. The van der Waals surface area contributed by atoms with Crippen LogP contribution in [0, 0.1) is 11.7 Å². The fourth-order valence-electron chi connectivity index (χ4n) is 2.52. The Kier molecular flexibility index (Phi) is 3.97. The number of hydrogen-bond acceptors (Lipinski definition) is 3. The van der Waals surface area contributed by atoms with Gasteiger partial charge in [0.25, 0.3) is 0 Å². The standard InChI is InChI=1S/C14H18FNO2/c1-18-13-6-5-10(8-12(13)15)14(17)9-3-2-4-11(16)7-9/h5-6,8-9,11H,2-4,7,16H2,1H3. The Morgan fingerprint density at radius 1 is 1.44 bits per heavy atom. The summed E-state index contributed by atoms with van der Waals surface area (Å²) in [5, 5.41) is 0. The van der Waals surface area contributed by atoms with Crippen molar-refractivity contribution in [1.29, 1.82) is 0 Å². The van der Waals surface area contributed by atoms with Gasteiger partial charge in [-0.2, -0.15) is 0 Å². The Labute approximate surface area is 106 Å². The highest BCUT2D eigenvalue weighted by Crippen LogP contribution is 2.27. The minimum absolute atomic E-state index is 0.00768. The lowest BCUT2D eigenvalue weighted by atomic mass is 9.81. The molecule has 1 aliphatic rings. The van der Waals surface area contributed by atoms with Gasteiger partial charge in [-0.25, -0.2) is 4.39 Å². The second kappa shape index (κ2) is 5.48. The first-order chi connectivity index (χ1) is 8.61. The topological polar surface area (TPSA) is 52.3 Å². The number of methoxy groups -OCH3 is 1. The molecule has 2 atom stereocenters. The summed E-state index contributed by atoms with van der Waals surface area (Å²) in [5.41, 5.74) is 6.28. The zero-order valence-corrected chi connectivity index (χ0v) is 10.5. The predicted molar refractivity (Wildman–Crippen MR) is 67.2 cm³/mol. The van der Waals surface area contributed by atoms with Gasteiger partial charge in [-0.05, 0) is 37.5 Å². The number of benzene rings is 1. The van der Waals surface area contributed by atoms with Gasteiger partial charge in [0.15, 0.2) is 17.3 Å². The molecule has 18 heavy (non-hydrogen) atoms. The Bertz CT molecular complexity index is 447. The molecule has 0 aromatic heterocycles. The first kappa shape index (κ1) is 13.0. The Balaban J connectivity index is 2.15. The van der Waals surface area contributed by atoms with Crippen molar-refractivity contribution in [2.75, 3.05) is 7.11 Å². The molecular weight excluding hydrogens is 233 g/mol. The lowest BCUT2D eigenvalue weighted by molar-refractivity contribution is 0.0881. The van der Waals surface area contributed by atoms with Gasteiger partial charge in [0.05, 0.1) is 7.11 Å². The maximum Gasteiger partial charge on any atom is 0.166 e. The van der Waals surface area contributed by atoms with Crippen LogP contribution >= 0.6 is 0 Å². The summed E-state index contributed by atoms with van der Waals surface area (Å²) in [4.78, 5) is 12.2. The Morgan fingerprint density at radius 3 is 2.83 bits per heavy atom. The maximum absolute atomic E-state index is 13.6. The smallest absolute Gasteiger partial charge is 0.166 e. The maximum atomic E-state index is 13.6. The number of ketones is 1. The molecule has 2 N–H and O–H groups in total. The van der Waals surface area contributed by atoms with E-state index in [9.17, 15) is 9.18 Å². The van der Waals surface area contributed by atoms with Crippen molar-refractivity contribution in [3.63, 3.8) is 0 Å². The molecule has 1 aromatic carbocycles. The highest BCUT2D eigenvalue weighted by atomic mass is 19.1. The first-order valence-electron chi connectivity index (χ1n) is 6.25. The number of Topliss-reactive ketones (excluding diaryl/α,β-unsaturated/α-hetero) is 1. The third-order valence-electron chi connectivity index (χ3n) is 3.52. The molecule has 4 heteroatoms. The van der Waals surface area contributed by atoms with Gasteiger partial charge in [0, 0.05) is 17.5 Å². The molecular formula is C14H18FNO2. The lowest BCUT2D eigenvalue weighted by Crippen LogP contribution is -2.31. The molecule has 0 bridgehead atoms. The number of rotatable bonds is 3. The van der Waals surface area contributed by atoms with Crippen LogP contribution in [0.1, 0.15) is 36.0 Å². The molecule has 1 aliphatic carbocycles. The fourth-order valence-corrected chi connectivity index (χ4v) is 2.52. The summed E-state index contributed by atoms with van der Waals surface area (Å²) in [5.74, 6) is -0.413. The first-order valence-corrected chi connectivity index (χ1v) is 6.25. The molecule has 1 aromatic rings. The van der Waals surface area contributed by atoms with Gasteiger partial charge in [-0.3, -0.25) is 4.79 Å². The predicted octanol–water partition coefficient (Wildman–Crippen LogP) is 2.53. The van der Waals surface area contributed by atoms with Crippen molar-refractivity contribution in [2.45, 2.75) is 31.7 Å². The molecule has 2 unspecified atom stereocenters. The molecule has 0 aliphatic heterocycles. The van der Waals surface area contributed by atoms with Gasteiger partial charge in [-0.15, -0.1) is 0 Å². The average Bonchev–Trinajstić information content (AvgIpc) is 2.37. The van der Waals surface area contributed by atoms with E-state index in [-0.39, 0.29) is 23.5 Å². The van der Waals surface area contributed by atoms with Crippen molar-refractivity contribution in [3.8, 4) is 5.75 Å². The number of nitrogens with two attached hydrogens (primary N) is 1. The zero-order chi connectivity index (χ0) is 13.1. The van der Waals surface area contributed by atoms with Crippen LogP contribution in [0.5, 0.6) is 5.75 Å². The van der Waals surface area contributed by atoms with E-state index >= 15 is 0 Å². The highest BCUT2D eigenvalue weighted by molar-refractivity contribution is 5.98. The third kappa shape index (κ3) is 2.70. The number of carbonyl (C=O) groups excluding carboxylic acids is 1. The molecule has 1 saturated carbocycles. The van der Waals surface area contributed by atoms with E-state index < -0.39 is 5.82 Å². The van der Waals surface area contributed by atoms with Crippen LogP contribution in [0.25, 0.3) is 0 Å². The summed E-state index contributed by atoms with van der Waals surface area (Å²) in [7, 11) is 1.40. The summed E-state index contributed by atoms with van der Waals surface area (Å²) in [6, 6.07) is 4.45. The largest absolute Gasteiger partial charge is 0.494 e. The van der Waals surface area contributed by atoms with Crippen LogP contribution in [0.15, 0.2) is 18.2 Å². The molecule has 2 rings (SSSR count). The van der Waals surface area contributed by atoms with Gasteiger partial charge < -0.3 is 10.5 Å². The van der Waals surface area contributed by atoms with Crippen molar-refractivity contribution in [1.82, 2.24) is 0 Å². The van der Waals surface area contributed by atoms with Crippen LogP contribution in [-0.2, 0) is 0 Å². The van der Waals surface area contributed by atoms with Gasteiger partial charge in [0.1, 0.15) is 0 Å². The summed E-state index contributed by atoms with van der Waals surface area (Å²) in [6.45, 7) is 0. The van der Waals surface area contributed by atoms with Crippen LogP contribution in [0.4, 0.5) is 4.39 Å². The SMILES string of the molecule is COc1ccc(C(=O)C2CCCC(N)C2)cc1F. The van der Waals surface area contributed by atoms with Gasteiger partial charge in [0.2, 0.25) is 0 Å². The molecule has 0 amide bonds. The number of hydrogen-bond donors (Lipinski definition) is 1. The minimum atomic E-state index is -0.497. The fraction of sp³-hybridized carbons (Fsp3) is 0.500. The summed E-state index contributed by atoms with van der Waals surface area (Å²) >= 11 is 0. The average molecular weight is 251 g/mol. The highest BCUT2D eigenvalue weighted by Gasteiger charge is 2.26. The van der Waals surface area contributed by atoms with E-state index in [1.807, 2.05) is 0 Å². The van der Waals surface area contributed by atoms with Crippen molar-refractivity contribution in [2.24, 2.45) is 11.7 Å². The summed E-state index contributed by atoms with van der Waals surface area (Å²) in [6.07, 6.45) is 3.49. The Hall–Kier alpha value is -1.42. The molecule has 98 valence electrons. The van der Waals surface area contributed by atoms with Crippen LogP contribution in [-0.4, -0.2) is 18.9 Å². The van der Waals surface area contributed by atoms with Crippen molar-refractivity contribution >= 4 is 5.78 Å². The van der Waals surface area contributed by atoms with E-state index in [0.717, 1.165) is 19.3 Å². The molecule has 0 saturated heterocycles. The second-order valence-corrected chi connectivity index (χ2v) is 4.84. The van der Waals surface area contributed by atoms with Crippen LogP contribution < -0.4 is 10.5 Å². The van der Waals surface area contributed by atoms with Gasteiger partial charge >= 0.3 is 0 Å². The minimum Gasteiger partial charge on any atom is -0.494 e. The Morgan fingerprint density at radius 2 is 2.22 bits per heavy atom. The molecule has 3 nitrogen and oxygen atoms in total. The van der Waals surface area contributed by atoms with E-state index in [1.54, 1.807) is 6.07 Å². The number of ether oxygens (including phenoxy) is 1. The van der Waals surface area contributed by atoms with Crippen LogP contribution in [0.2, 0.25) is 0 Å². The summed E-state index contributed by atoms with van der Waals surface area (Å²) < 4.78 is 18.4. The van der Waals surface area contributed by atoms with Crippen molar-refractivity contribution < 1.29 is 13.9 Å². The monoisotopic (exact) mass is 251 g/mol. The van der Waals surface area contributed by atoms with Crippen molar-refractivity contribution in [3.05, 3.63) is 29.6 Å². The van der Waals surface area contributed by atoms with E-state index in [4.69, 9.17) is 10.5 Å². The van der Waals surface area contributed by atoms with E-state index in [2.05, 4.69) is 0 Å². The third-order valence-corrected chi connectivity index (χ3v) is 3.52. The molecule has 0 spiro atoms. The van der Waals surface area contributed by atoms with E-state index in [1.165, 1.54) is 19.2 Å².